The lowest BCUT2D eigenvalue weighted by molar-refractivity contribution is 0.989. The maximum Gasteiger partial charge on any atom is 0.260 e. The lowest BCUT2D eigenvalue weighted by Crippen LogP contribution is -2.10. The van der Waals surface area contributed by atoms with Crippen molar-refractivity contribution in [1.82, 2.24) is 20.2 Å². The number of rotatable bonds is 6. The van der Waals surface area contributed by atoms with Gasteiger partial charge in [0.1, 0.15) is 10.7 Å². The highest BCUT2D eigenvalue weighted by molar-refractivity contribution is 8.00. The van der Waals surface area contributed by atoms with Gasteiger partial charge in [-0.05, 0) is 30.5 Å². The normalized spacial score (nSPS) is 13.9. The van der Waals surface area contributed by atoms with Gasteiger partial charge in [0.2, 0.25) is 5.13 Å². The van der Waals surface area contributed by atoms with E-state index < -0.39 is 0 Å². The van der Waals surface area contributed by atoms with Crippen molar-refractivity contribution in [1.29, 1.82) is 0 Å². The van der Waals surface area contributed by atoms with Gasteiger partial charge in [-0.25, -0.2) is 4.98 Å². The Morgan fingerprint density at radius 1 is 1.25 bits per heavy atom. The number of hydrogen-bond donors (Lipinski definition) is 2. The molecule has 3 aromatic heterocycles. The van der Waals surface area contributed by atoms with E-state index in [1.807, 2.05) is 29.6 Å². The number of nitrogens with zero attached hydrogens (tertiary/aromatic N) is 3. The van der Waals surface area contributed by atoms with Crippen molar-refractivity contribution in [2.45, 2.75) is 29.0 Å². The zero-order valence-corrected chi connectivity index (χ0v) is 17.6. The van der Waals surface area contributed by atoms with Gasteiger partial charge in [-0.1, -0.05) is 46.8 Å². The quantitative estimate of drug-likeness (QED) is 0.403. The van der Waals surface area contributed by atoms with Crippen LogP contribution in [0.5, 0.6) is 0 Å². The summed E-state index contributed by atoms with van der Waals surface area (Å²) >= 11 is 10.5. The number of nitrogens with one attached hydrogen (secondary N) is 2. The molecule has 0 radical (unpaired) electrons. The second-order valence-electron chi connectivity index (χ2n) is 6.43. The number of fused-ring (bicyclic) bond motifs is 1. The molecule has 0 saturated heterocycles. The molecule has 0 unspecified atom stereocenters. The zero-order chi connectivity index (χ0) is 19.1. The molecule has 0 amide bonds. The number of benzene rings is 1. The van der Waals surface area contributed by atoms with E-state index in [1.165, 1.54) is 47.3 Å². The van der Waals surface area contributed by atoms with Crippen LogP contribution >= 0.6 is 46.0 Å². The molecule has 10 heteroatoms. The first-order chi connectivity index (χ1) is 13.7. The first kappa shape index (κ1) is 18.1. The van der Waals surface area contributed by atoms with Crippen LogP contribution in [0.25, 0.3) is 21.3 Å². The minimum atomic E-state index is -0.125. The van der Waals surface area contributed by atoms with Gasteiger partial charge in [0.15, 0.2) is 4.34 Å². The van der Waals surface area contributed by atoms with Crippen LogP contribution in [0.4, 0.5) is 5.13 Å². The summed E-state index contributed by atoms with van der Waals surface area (Å²) in [7, 11) is 0. The molecule has 1 saturated carbocycles. The van der Waals surface area contributed by atoms with E-state index >= 15 is 0 Å². The van der Waals surface area contributed by atoms with Crippen molar-refractivity contribution in [3.8, 4) is 11.1 Å². The number of aromatic nitrogens is 4. The number of H-pyrrole nitrogens is 1. The third-order valence-corrected chi connectivity index (χ3v) is 7.42. The van der Waals surface area contributed by atoms with Crippen molar-refractivity contribution in [3.63, 3.8) is 0 Å². The average Bonchev–Trinajstić information content (AvgIpc) is 3.21. The summed E-state index contributed by atoms with van der Waals surface area (Å²) in [5.74, 6) is 1.18. The second kappa shape index (κ2) is 7.47. The molecule has 2 N–H and O–H groups in total. The van der Waals surface area contributed by atoms with Crippen molar-refractivity contribution >= 4 is 61.4 Å². The van der Waals surface area contributed by atoms with Crippen LogP contribution < -0.4 is 10.9 Å². The standard InChI is InChI=1S/C18H14ClN5OS3/c19-10-3-1-9(2-4-10)12-7-26-16-14(12)15(25)21-13(22-16)8-27-18-24-23-17(28-18)20-11-5-6-11/h1-4,7,11H,5-6,8H2,(H,20,23)(H,21,22,25). The van der Waals surface area contributed by atoms with Gasteiger partial charge >= 0.3 is 0 Å². The molecule has 4 aromatic rings. The maximum atomic E-state index is 12.7. The summed E-state index contributed by atoms with van der Waals surface area (Å²) in [4.78, 5) is 21.0. The maximum absolute atomic E-state index is 12.7. The molecule has 1 aromatic carbocycles. The lowest BCUT2D eigenvalue weighted by atomic mass is 10.1. The highest BCUT2D eigenvalue weighted by Crippen LogP contribution is 2.33. The number of thiophene rings is 1. The molecule has 142 valence electrons. The Morgan fingerprint density at radius 3 is 2.86 bits per heavy atom. The van der Waals surface area contributed by atoms with E-state index in [-0.39, 0.29) is 5.56 Å². The van der Waals surface area contributed by atoms with Gasteiger partial charge in [-0.2, -0.15) is 0 Å². The lowest BCUT2D eigenvalue weighted by Gasteiger charge is -2.02. The molecule has 1 aliphatic rings. The summed E-state index contributed by atoms with van der Waals surface area (Å²) in [6.07, 6.45) is 2.40. The molecule has 3 heterocycles. The summed E-state index contributed by atoms with van der Waals surface area (Å²) in [6.45, 7) is 0. The Bertz CT molecular complexity index is 1200. The highest BCUT2D eigenvalue weighted by Gasteiger charge is 2.22. The summed E-state index contributed by atoms with van der Waals surface area (Å²) in [5, 5.41) is 15.8. The van der Waals surface area contributed by atoms with Crippen LogP contribution in [-0.2, 0) is 5.75 Å². The molecule has 6 nitrogen and oxygen atoms in total. The van der Waals surface area contributed by atoms with Gasteiger partial charge < -0.3 is 10.3 Å². The molecule has 0 aliphatic heterocycles. The Hall–Kier alpha value is -1.94. The summed E-state index contributed by atoms with van der Waals surface area (Å²) in [5.41, 5.74) is 1.71. The number of aromatic amines is 1. The molecular weight excluding hydrogens is 434 g/mol. The first-order valence-corrected chi connectivity index (χ1v) is 11.7. The average molecular weight is 448 g/mol. The van der Waals surface area contributed by atoms with Gasteiger partial charge in [-0.15, -0.1) is 21.5 Å². The van der Waals surface area contributed by atoms with Gasteiger partial charge in [0, 0.05) is 22.0 Å². The Balaban J connectivity index is 1.36. The summed E-state index contributed by atoms with van der Waals surface area (Å²) in [6, 6.07) is 8.02. The number of thioether (sulfide) groups is 1. The molecule has 0 spiro atoms. The van der Waals surface area contributed by atoms with E-state index in [0.717, 1.165) is 25.4 Å². The second-order valence-corrected chi connectivity index (χ2v) is 9.92. The Labute approximate surface area is 177 Å². The molecule has 1 fully saturated rings. The van der Waals surface area contributed by atoms with Crippen LogP contribution in [0.15, 0.2) is 38.8 Å². The predicted octanol–water partition coefficient (Wildman–Crippen LogP) is 5.02. The van der Waals surface area contributed by atoms with Gasteiger partial charge in [-0.3, -0.25) is 4.79 Å². The van der Waals surface area contributed by atoms with Crippen LogP contribution in [0.1, 0.15) is 18.7 Å². The van der Waals surface area contributed by atoms with E-state index in [1.54, 1.807) is 0 Å². The fourth-order valence-corrected chi connectivity index (χ4v) is 5.55. The summed E-state index contributed by atoms with van der Waals surface area (Å²) < 4.78 is 0.860. The third-order valence-electron chi connectivity index (χ3n) is 4.29. The molecule has 28 heavy (non-hydrogen) atoms. The van der Waals surface area contributed by atoms with E-state index in [9.17, 15) is 4.79 Å². The highest BCUT2D eigenvalue weighted by atomic mass is 35.5. The van der Waals surface area contributed by atoms with Crippen LogP contribution in [0.2, 0.25) is 5.02 Å². The van der Waals surface area contributed by atoms with Crippen LogP contribution in [-0.4, -0.2) is 26.2 Å². The fraction of sp³-hybridized carbons (Fsp3) is 0.222. The number of hydrogen-bond acceptors (Lipinski definition) is 8. The molecule has 0 atom stereocenters. The van der Waals surface area contributed by atoms with E-state index in [2.05, 4.69) is 25.5 Å². The predicted molar refractivity (Wildman–Crippen MR) is 117 cm³/mol. The minimum absolute atomic E-state index is 0.125. The monoisotopic (exact) mass is 447 g/mol. The Kier molecular flexibility index (Phi) is 4.83. The largest absolute Gasteiger partial charge is 0.357 e. The van der Waals surface area contributed by atoms with E-state index in [4.69, 9.17) is 11.6 Å². The third kappa shape index (κ3) is 3.80. The first-order valence-electron chi connectivity index (χ1n) is 8.65. The van der Waals surface area contributed by atoms with E-state index in [0.29, 0.717) is 28.0 Å². The van der Waals surface area contributed by atoms with Crippen molar-refractivity contribution < 1.29 is 0 Å². The van der Waals surface area contributed by atoms with Crippen molar-refractivity contribution in [2.75, 3.05) is 5.32 Å². The molecule has 0 bridgehead atoms. The number of anilines is 1. The molecule has 5 rings (SSSR count). The van der Waals surface area contributed by atoms with Gasteiger partial charge in [0.05, 0.1) is 11.1 Å². The molecule has 1 aliphatic carbocycles. The minimum Gasteiger partial charge on any atom is -0.357 e. The number of halogens is 1. The topological polar surface area (TPSA) is 83.6 Å². The van der Waals surface area contributed by atoms with Gasteiger partial charge in [0.25, 0.3) is 5.56 Å². The van der Waals surface area contributed by atoms with Crippen LogP contribution in [0, 0.1) is 0 Å². The van der Waals surface area contributed by atoms with Crippen molar-refractivity contribution in [2.24, 2.45) is 0 Å². The smallest absolute Gasteiger partial charge is 0.260 e. The molecular formula is C18H14ClN5OS3. The zero-order valence-electron chi connectivity index (χ0n) is 14.4. The van der Waals surface area contributed by atoms with Crippen molar-refractivity contribution in [3.05, 3.63) is 50.8 Å². The SMILES string of the molecule is O=c1[nH]c(CSc2nnc(NC3CC3)s2)nc2scc(-c3ccc(Cl)cc3)c12. The Morgan fingerprint density at radius 2 is 2.07 bits per heavy atom. The fourth-order valence-electron chi connectivity index (χ4n) is 2.76. The van der Waals surface area contributed by atoms with Crippen LogP contribution in [0.3, 0.4) is 0 Å².